The van der Waals surface area contributed by atoms with Gasteiger partial charge >= 0.3 is 0 Å². The molecule has 0 nitrogen and oxygen atoms in total. The largest absolute Gasteiger partial charge is 0.195 e. The van der Waals surface area contributed by atoms with Gasteiger partial charge in [0.2, 0.25) is 0 Å². The van der Waals surface area contributed by atoms with E-state index in [1.165, 1.54) is 111 Å². The molecule has 4 aliphatic carbocycles. The molecule has 4 aliphatic rings. The Balaban J connectivity index is 1.20. The lowest BCUT2D eigenvalue weighted by atomic mass is 9.13. The lowest BCUT2D eigenvalue weighted by molar-refractivity contribution is 1.26. The predicted molar refractivity (Wildman–Crippen MR) is 223 cm³/mol. The van der Waals surface area contributed by atoms with Crippen molar-refractivity contribution in [2.24, 2.45) is 0 Å². The van der Waals surface area contributed by atoms with Crippen LogP contribution in [0, 0.1) is 0 Å². The lowest BCUT2D eigenvalue weighted by Crippen LogP contribution is -2.75. The van der Waals surface area contributed by atoms with Crippen molar-refractivity contribution in [3.05, 3.63) is 214 Å². The van der Waals surface area contributed by atoms with Crippen molar-refractivity contribution in [3.8, 4) is 44.5 Å². The molecule has 0 spiro atoms. The molecule has 12 rings (SSSR count). The highest BCUT2D eigenvalue weighted by Crippen LogP contribution is 2.41. The highest BCUT2D eigenvalue weighted by molar-refractivity contribution is 7.20. The number of benzene rings is 8. The molecule has 0 unspecified atom stereocenters. The van der Waals surface area contributed by atoms with Crippen molar-refractivity contribution >= 4 is 28.0 Å². The van der Waals surface area contributed by atoms with Gasteiger partial charge in [-0.05, 0) is 115 Å². The molecule has 0 fully saturated rings. The van der Waals surface area contributed by atoms with Gasteiger partial charge in [0.05, 0.1) is 0 Å². The van der Waals surface area contributed by atoms with E-state index in [0.717, 1.165) is 25.7 Å². The molecule has 0 atom stereocenters. The Kier molecular flexibility index (Phi) is 6.06. The molecule has 0 bridgehead atoms. The van der Waals surface area contributed by atoms with Crippen molar-refractivity contribution in [1.82, 2.24) is 0 Å². The molecule has 53 heavy (non-hydrogen) atoms. The summed E-state index contributed by atoms with van der Waals surface area (Å²) >= 11 is 0. The van der Waals surface area contributed by atoms with Gasteiger partial charge in [0.1, 0.15) is 6.15 Å². The van der Waals surface area contributed by atoms with E-state index in [1.807, 2.05) is 0 Å². The summed E-state index contributed by atoms with van der Waals surface area (Å²) in [6.45, 7) is 0. The van der Waals surface area contributed by atoms with E-state index >= 15 is 0 Å². The van der Waals surface area contributed by atoms with Crippen molar-refractivity contribution in [1.29, 1.82) is 0 Å². The summed E-state index contributed by atoms with van der Waals surface area (Å²) in [6, 6.07) is 66.1. The minimum Gasteiger partial charge on any atom is -0.195 e. The van der Waals surface area contributed by atoms with Gasteiger partial charge in [-0.25, -0.2) is 0 Å². The Bertz CT molecular complexity index is 2460. The molecule has 0 N–H and O–H groups in total. The second kappa shape index (κ2) is 10.9. The molecular weight excluding hydrogens is 635 g/mol. The molecule has 0 aliphatic heterocycles. The summed E-state index contributed by atoms with van der Waals surface area (Å²) in [5, 5.41) is 0. The van der Waals surface area contributed by atoms with Crippen molar-refractivity contribution in [2.45, 2.75) is 25.7 Å². The van der Waals surface area contributed by atoms with Crippen LogP contribution in [0.1, 0.15) is 44.5 Å². The maximum atomic E-state index is 2.57. The summed E-state index contributed by atoms with van der Waals surface area (Å²) in [6.07, 6.45) is 2.32. The molecular formula is C52H36B-. The third kappa shape index (κ3) is 4.14. The molecule has 0 radical (unpaired) electrons. The fraction of sp³-hybridized carbons (Fsp3) is 0.0769. The van der Waals surface area contributed by atoms with E-state index in [4.69, 9.17) is 0 Å². The zero-order valence-electron chi connectivity index (χ0n) is 29.6. The average Bonchev–Trinajstić information content (AvgIpc) is 3.98. The second-order valence-electron chi connectivity index (χ2n) is 15.9. The SMILES string of the molecule is c1ccc2c(c1)Cc1ccc([B-](c3ccc4c(c3)-c3ccccc3C4)(c3ccc4c(c3)-c3ccccc3C4)c3ccc4c(c3)-c3ccccc3C4)cc1-2. The van der Waals surface area contributed by atoms with Gasteiger partial charge in [-0.2, -0.15) is 21.9 Å². The normalized spacial score (nSPS) is 13.7. The molecule has 1 heteroatoms. The lowest BCUT2D eigenvalue weighted by Gasteiger charge is -2.45. The van der Waals surface area contributed by atoms with Crippen molar-refractivity contribution in [2.75, 3.05) is 0 Å². The monoisotopic (exact) mass is 671 g/mol. The first-order chi connectivity index (χ1) is 26.2. The molecule has 0 saturated carbocycles. The van der Waals surface area contributed by atoms with Crippen LogP contribution in [-0.2, 0) is 25.7 Å². The van der Waals surface area contributed by atoms with Crippen molar-refractivity contribution in [3.63, 3.8) is 0 Å². The maximum absolute atomic E-state index is 2.57. The molecule has 0 aromatic heterocycles. The van der Waals surface area contributed by atoms with E-state index in [1.54, 1.807) is 0 Å². The standard InChI is InChI=1S/C52H36B/c1-5-13-45-33(9-1)25-37-17-21-41(29-49(37)45)53(42-22-18-38-26-34-10-2-6-14-46(34)50(38)30-42,43-23-19-39-27-35-11-3-7-15-47(35)51(39)31-43)44-24-20-40-28-36-12-4-8-16-48(36)52(40)32-44/h1-24,29-32H,25-28H2/q-1. The summed E-state index contributed by atoms with van der Waals surface area (Å²) in [5.74, 6) is 0. The van der Waals surface area contributed by atoms with Gasteiger partial charge in [-0.15, -0.1) is 0 Å². The van der Waals surface area contributed by atoms with E-state index in [0.29, 0.717) is 0 Å². The highest BCUT2D eigenvalue weighted by atomic mass is 14.3. The van der Waals surface area contributed by atoms with Gasteiger partial charge < -0.3 is 0 Å². The highest BCUT2D eigenvalue weighted by Gasteiger charge is 2.36. The summed E-state index contributed by atoms with van der Waals surface area (Å²) in [7, 11) is 0. The minimum atomic E-state index is -1.65. The van der Waals surface area contributed by atoms with E-state index < -0.39 is 6.15 Å². The quantitative estimate of drug-likeness (QED) is 0.164. The molecule has 0 heterocycles. The van der Waals surface area contributed by atoms with E-state index in [9.17, 15) is 0 Å². The fourth-order valence-corrected chi connectivity index (χ4v) is 10.8. The number of fused-ring (bicyclic) bond motifs is 12. The zero-order valence-corrected chi connectivity index (χ0v) is 29.6. The Morgan fingerprint density at radius 2 is 0.453 bits per heavy atom. The van der Waals surface area contributed by atoms with Crippen LogP contribution in [0.25, 0.3) is 44.5 Å². The van der Waals surface area contributed by atoms with E-state index in [2.05, 4.69) is 170 Å². The van der Waals surface area contributed by atoms with Crippen molar-refractivity contribution < 1.29 is 0 Å². The van der Waals surface area contributed by atoms with Crippen LogP contribution >= 0.6 is 0 Å². The summed E-state index contributed by atoms with van der Waals surface area (Å²) in [5.41, 5.74) is 28.0. The van der Waals surface area contributed by atoms with Gasteiger partial charge in [-0.1, -0.05) is 170 Å². The molecule has 0 amide bonds. The van der Waals surface area contributed by atoms with Crippen LogP contribution in [0.4, 0.5) is 0 Å². The number of hydrogen-bond donors (Lipinski definition) is 0. The first kappa shape index (κ1) is 29.4. The van der Waals surface area contributed by atoms with Gasteiger partial charge in [0.15, 0.2) is 0 Å². The van der Waals surface area contributed by atoms with Crippen LogP contribution in [0.2, 0.25) is 0 Å². The number of rotatable bonds is 4. The average molecular weight is 672 g/mol. The fourth-order valence-electron chi connectivity index (χ4n) is 10.8. The molecule has 8 aromatic carbocycles. The van der Waals surface area contributed by atoms with Crippen LogP contribution in [-0.4, -0.2) is 6.15 Å². The third-order valence-corrected chi connectivity index (χ3v) is 13.3. The third-order valence-electron chi connectivity index (χ3n) is 13.3. The van der Waals surface area contributed by atoms with Gasteiger partial charge in [-0.3, -0.25) is 0 Å². The number of hydrogen-bond acceptors (Lipinski definition) is 0. The Morgan fingerprint density at radius 3 is 0.717 bits per heavy atom. The van der Waals surface area contributed by atoms with Crippen LogP contribution in [0.5, 0.6) is 0 Å². The van der Waals surface area contributed by atoms with E-state index in [-0.39, 0.29) is 0 Å². The predicted octanol–water partition coefficient (Wildman–Crippen LogP) is 9.35. The molecule has 248 valence electrons. The Morgan fingerprint density at radius 1 is 0.226 bits per heavy atom. The van der Waals surface area contributed by atoms with Gasteiger partial charge in [0, 0.05) is 0 Å². The first-order valence-electron chi connectivity index (χ1n) is 19.2. The maximum Gasteiger partial charge on any atom is 0.108 e. The minimum absolute atomic E-state index is 0.993. The molecule has 8 aromatic rings. The Labute approximate surface area is 311 Å². The van der Waals surface area contributed by atoms with Crippen LogP contribution in [0.3, 0.4) is 0 Å². The summed E-state index contributed by atoms with van der Waals surface area (Å²) in [4.78, 5) is 0. The first-order valence-corrected chi connectivity index (χ1v) is 19.2. The second-order valence-corrected chi connectivity index (χ2v) is 15.9. The van der Waals surface area contributed by atoms with Gasteiger partial charge in [0.25, 0.3) is 0 Å². The Hall–Kier alpha value is -6.18. The molecule has 0 saturated heterocycles. The zero-order chi connectivity index (χ0) is 34.7. The van der Waals surface area contributed by atoms with Crippen LogP contribution in [0.15, 0.2) is 170 Å². The smallest absolute Gasteiger partial charge is 0.108 e. The topological polar surface area (TPSA) is 0 Å². The van der Waals surface area contributed by atoms with Crippen LogP contribution < -0.4 is 21.9 Å². The summed E-state index contributed by atoms with van der Waals surface area (Å²) < 4.78 is 0.